The Balaban J connectivity index is 1.56. The van der Waals surface area contributed by atoms with Crippen LogP contribution >= 0.6 is 0 Å². The highest BCUT2D eigenvalue weighted by atomic mass is 16.5. The molecule has 3 heterocycles. The standard InChI is InChI=1S/C18H21N3O4/c1-19-6-5-12-8-21(9-13(12)18(19)24)17(23)11-3-4-15-14(7-11)20(2)16(22)10-25-15/h3-4,7,12-13H,5-6,8-10H2,1-2H3/t12-,13+/m1/s1. The number of fused-ring (bicyclic) bond motifs is 2. The summed E-state index contributed by atoms with van der Waals surface area (Å²) in [7, 11) is 3.50. The van der Waals surface area contributed by atoms with Crippen LogP contribution in [0.4, 0.5) is 5.69 Å². The number of rotatable bonds is 1. The second kappa shape index (κ2) is 5.75. The van der Waals surface area contributed by atoms with Crippen LogP contribution in [0.2, 0.25) is 0 Å². The number of hydrogen-bond acceptors (Lipinski definition) is 4. The van der Waals surface area contributed by atoms with Crippen LogP contribution in [0, 0.1) is 11.8 Å². The van der Waals surface area contributed by atoms with Crippen molar-refractivity contribution in [2.24, 2.45) is 11.8 Å². The SMILES string of the molecule is CN1CC[C@@H]2CN(C(=O)c3ccc4c(c3)N(C)C(=O)CO4)C[C@@H]2C1=O. The van der Waals surface area contributed by atoms with Crippen LogP contribution in [-0.4, -0.2) is 67.9 Å². The Labute approximate surface area is 146 Å². The van der Waals surface area contributed by atoms with Gasteiger partial charge in [0, 0.05) is 39.3 Å². The summed E-state index contributed by atoms with van der Waals surface area (Å²) in [5, 5.41) is 0. The molecule has 2 fully saturated rings. The van der Waals surface area contributed by atoms with Crippen LogP contribution in [0.1, 0.15) is 16.8 Å². The summed E-state index contributed by atoms with van der Waals surface area (Å²) in [5.74, 6) is 0.657. The molecule has 3 aliphatic rings. The highest BCUT2D eigenvalue weighted by Crippen LogP contribution is 2.35. The van der Waals surface area contributed by atoms with E-state index in [-0.39, 0.29) is 36.2 Å². The Hall–Kier alpha value is -2.57. The van der Waals surface area contributed by atoms with Gasteiger partial charge in [-0.2, -0.15) is 0 Å². The second-order valence-corrected chi connectivity index (χ2v) is 7.05. The predicted octanol–water partition coefficient (Wildman–Crippen LogP) is 0.592. The molecule has 2 atom stereocenters. The van der Waals surface area contributed by atoms with E-state index >= 15 is 0 Å². The minimum absolute atomic E-state index is 0.0158. The highest BCUT2D eigenvalue weighted by molar-refractivity contribution is 6.01. The van der Waals surface area contributed by atoms with Gasteiger partial charge < -0.3 is 19.4 Å². The lowest BCUT2D eigenvalue weighted by atomic mass is 9.88. The van der Waals surface area contributed by atoms with Crippen LogP contribution < -0.4 is 9.64 Å². The van der Waals surface area contributed by atoms with Gasteiger partial charge in [0.05, 0.1) is 11.6 Å². The lowest BCUT2D eigenvalue weighted by molar-refractivity contribution is -0.137. The molecule has 1 aromatic rings. The van der Waals surface area contributed by atoms with Gasteiger partial charge in [0.15, 0.2) is 6.61 Å². The molecule has 25 heavy (non-hydrogen) atoms. The van der Waals surface area contributed by atoms with Gasteiger partial charge in [-0.25, -0.2) is 0 Å². The van der Waals surface area contributed by atoms with Crippen LogP contribution in [0.15, 0.2) is 18.2 Å². The molecule has 0 N–H and O–H groups in total. The molecular formula is C18H21N3O4. The summed E-state index contributed by atoms with van der Waals surface area (Å²) in [4.78, 5) is 42.0. The van der Waals surface area contributed by atoms with Crippen molar-refractivity contribution in [1.29, 1.82) is 0 Å². The van der Waals surface area contributed by atoms with E-state index in [4.69, 9.17) is 4.74 Å². The average Bonchev–Trinajstić information content (AvgIpc) is 3.06. The molecule has 2 saturated heterocycles. The quantitative estimate of drug-likeness (QED) is 0.748. The Bertz CT molecular complexity index is 763. The van der Waals surface area contributed by atoms with Crippen LogP contribution in [0.3, 0.4) is 0 Å². The first-order valence-corrected chi connectivity index (χ1v) is 8.53. The number of carbonyl (C=O) groups is 3. The van der Waals surface area contributed by atoms with Gasteiger partial charge in [-0.15, -0.1) is 0 Å². The van der Waals surface area contributed by atoms with Crippen molar-refractivity contribution in [1.82, 2.24) is 9.80 Å². The highest BCUT2D eigenvalue weighted by Gasteiger charge is 2.43. The Morgan fingerprint density at radius 1 is 1.20 bits per heavy atom. The van der Waals surface area contributed by atoms with Gasteiger partial charge in [-0.3, -0.25) is 14.4 Å². The molecule has 0 saturated carbocycles. The van der Waals surface area contributed by atoms with E-state index in [0.717, 1.165) is 13.0 Å². The molecule has 3 amide bonds. The zero-order chi connectivity index (χ0) is 17.7. The van der Waals surface area contributed by atoms with E-state index in [1.54, 1.807) is 35.0 Å². The number of anilines is 1. The van der Waals surface area contributed by atoms with E-state index in [1.165, 1.54) is 4.90 Å². The molecule has 0 radical (unpaired) electrons. The molecule has 0 aromatic heterocycles. The molecule has 132 valence electrons. The zero-order valence-corrected chi connectivity index (χ0v) is 14.4. The predicted molar refractivity (Wildman–Crippen MR) is 90.5 cm³/mol. The largest absolute Gasteiger partial charge is 0.482 e. The molecule has 0 spiro atoms. The lowest BCUT2D eigenvalue weighted by Crippen LogP contribution is -2.42. The maximum atomic E-state index is 12.9. The van der Waals surface area contributed by atoms with Crippen LogP contribution in [0.25, 0.3) is 0 Å². The van der Waals surface area contributed by atoms with Crippen molar-refractivity contribution in [3.63, 3.8) is 0 Å². The van der Waals surface area contributed by atoms with E-state index < -0.39 is 0 Å². The number of ether oxygens (including phenoxy) is 1. The molecule has 0 unspecified atom stereocenters. The summed E-state index contributed by atoms with van der Waals surface area (Å²) in [5.41, 5.74) is 1.12. The third kappa shape index (κ3) is 2.54. The number of benzene rings is 1. The van der Waals surface area contributed by atoms with Crippen molar-refractivity contribution in [3.8, 4) is 5.75 Å². The maximum absolute atomic E-state index is 12.9. The fourth-order valence-corrected chi connectivity index (χ4v) is 3.95. The summed E-state index contributed by atoms with van der Waals surface area (Å²) < 4.78 is 5.40. The van der Waals surface area contributed by atoms with Gasteiger partial charge in [0.25, 0.3) is 11.8 Å². The van der Waals surface area contributed by atoms with E-state index in [0.29, 0.717) is 30.1 Å². The molecule has 0 bridgehead atoms. The molecule has 4 rings (SSSR count). The zero-order valence-electron chi connectivity index (χ0n) is 14.4. The molecule has 3 aliphatic heterocycles. The Morgan fingerprint density at radius 2 is 2.00 bits per heavy atom. The smallest absolute Gasteiger partial charge is 0.264 e. The van der Waals surface area contributed by atoms with Crippen molar-refractivity contribution >= 4 is 23.4 Å². The van der Waals surface area contributed by atoms with Crippen molar-refractivity contribution in [2.45, 2.75) is 6.42 Å². The Morgan fingerprint density at radius 3 is 2.80 bits per heavy atom. The number of piperidine rings is 1. The summed E-state index contributed by atoms with van der Waals surface area (Å²) in [6, 6.07) is 5.15. The second-order valence-electron chi connectivity index (χ2n) is 7.05. The van der Waals surface area contributed by atoms with Crippen LogP contribution in [0.5, 0.6) is 5.75 Å². The van der Waals surface area contributed by atoms with E-state index in [9.17, 15) is 14.4 Å². The van der Waals surface area contributed by atoms with Crippen molar-refractivity contribution in [2.75, 3.05) is 45.2 Å². The third-order valence-corrected chi connectivity index (χ3v) is 5.55. The average molecular weight is 343 g/mol. The summed E-state index contributed by atoms with van der Waals surface area (Å²) in [6.07, 6.45) is 0.936. The van der Waals surface area contributed by atoms with E-state index in [2.05, 4.69) is 0 Å². The van der Waals surface area contributed by atoms with Gasteiger partial charge in [0.2, 0.25) is 5.91 Å². The number of carbonyl (C=O) groups excluding carboxylic acids is 3. The van der Waals surface area contributed by atoms with Gasteiger partial charge >= 0.3 is 0 Å². The maximum Gasteiger partial charge on any atom is 0.264 e. The van der Waals surface area contributed by atoms with Gasteiger partial charge in [-0.1, -0.05) is 0 Å². The van der Waals surface area contributed by atoms with Crippen LogP contribution in [-0.2, 0) is 9.59 Å². The summed E-state index contributed by atoms with van der Waals surface area (Å²) >= 11 is 0. The van der Waals surface area contributed by atoms with Gasteiger partial charge in [-0.05, 0) is 30.5 Å². The third-order valence-electron chi connectivity index (χ3n) is 5.55. The topological polar surface area (TPSA) is 70.2 Å². The molecule has 7 nitrogen and oxygen atoms in total. The van der Waals surface area contributed by atoms with E-state index in [1.807, 2.05) is 7.05 Å². The fourth-order valence-electron chi connectivity index (χ4n) is 3.95. The number of amides is 3. The fraction of sp³-hybridized carbons (Fsp3) is 0.500. The number of likely N-dealkylation sites (tertiary alicyclic amines) is 2. The molecule has 7 heteroatoms. The Kier molecular flexibility index (Phi) is 3.67. The monoisotopic (exact) mass is 343 g/mol. The molecule has 0 aliphatic carbocycles. The van der Waals surface area contributed by atoms with Crippen molar-refractivity contribution < 1.29 is 19.1 Å². The minimum atomic E-state index is -0.141. The first kappa shape index (κ1) is 15.9. The van der Waals surface area contributed by atoms with Gasteiger partial charge in [0.1, 0.15) is 5.75 Å². The number of nitrogens with zero attached hydrogens (tertiary/aromatic N) is 3. The first-order valence-electron chi connectivity index (χ1n) is 8.53. The summed E-state index contributed by atoms with van der Waals surface area (Å²) in [6.45, 7) is 1.85. The minimum Gasteiger partial charge on any atom is -0.482 e. The normalized spacial score (nSPS) is 25.6. The molecule has 1 aromatic carbocycles. The molecular weight excluding hydrogens is 322 g/mol. The van der Waals surface area contributed by atoms with Crippen molar-refractivity contribution in [3.05, 3.63) is 23.8 Å². The lowest BCUT2D eigenvalue weighted by Gasteiger charge is -2.30. The number of likely N-dealkylation sites (N-methyl/N-ethyl adjacent to an activating group) is 1. The number of hydrogen-bond donors (Lipinski definition) is 0. The first-order chi connectivity index (χ1) is 12.0.